The van der Waals surface area contributed by atoms with Gasteiger partial charge in [0, 0.05) is 12.0 Å². The van der Waals surface area contributed by atoms with Crippen molar-refractivity contribution in [1.82, 2.24) is 9.78 Å². The molecule has 3 aromatic rings. The van der Waals surface area contributed by atoms with Crippen molar-refractivity contribution >= 4 is 11.9 Å². The van der Waals surface area contributed by atoms with E-state index >= 15 is 0 Å². The third-order valence-corrected chi connectivity index (χ3v) is 5.08. The van der Waals surface area contributed by atoms with Gasteiger partial charge in [-0.25, -0.2) is 14.3 Å². The number of benzene rings is 2. The SMILES string of the molecule is COC(=O)c1c(-c2cccc(OCCC3OCCO3)c2)nn(-c2ccccc2)c1C(=O)OC. The van der Waals surface area contributed by atoms with Gasteiger partial charge in [-0.2, -0.15) is 5.10 Å². The van der Waals surface area contributed by atoms with Crippen molar-refractivity contribution in [3.8, 4) is 22.7 Å². The number of rotatable bonds is 8. The number of carbonyl (C=O) groups excluding carboxylic acids is 2. The average molecular weight is 452 g/mol. The molecule has 0 unspecified atom stereocenters. The number of aromatic nitrogens is 2. The Morgan fingerprint density at radius 1 is 1.00 bits per heavy atom. The molecule has 0 radical (unpaired) electrons. The number of hydrogen-bond donors (Lipinski definition) is 0. The van der Waals surface area contributed by atoms with Gasteiger partial charge in [0.25, 0.3) is 0 Å². The molecule has 0 saturated carbocycles. The van der Waals surface area contributed by atoms with Gasteiger partial charge in [-0.3, -0.25) is 0 Å². The fourth-order valence-corrected chi connectivity index (χ4v) is 3.54. The third-order valence-electron chi connectivity index (χ3n) is 5.08. The fraction of sp³-hybridized carbons (Fsp3) is 0.292. The van der Waals surface area contributed by atoms with Crippen molar-refractivity contribution in [3.63, 3.8) is 0 Å². The minimum Gasteiger partial charge on any atom is -0.493 e. The number of para-hydroxylation sites is 1. The lowest BCUT2D eigenvalue weighted by molar-refractivity contribution is -0.0531. The summed E-state index contributed by atoms with van der Waals surface area (Å²) in [6.45, 7) is 1.57. The van der Waals surface area contributed by atoms with Crippen LogP contribution in [0.15, 0.2) is 54.6 Å². The third kappa shape index (κ3) is 4.89. The summed E-state index contributed by atoms with van der Waals surface area (Å²) in [6, 6.07) is 16.1. The predicted octanol–water partition coefficient (Wildman–Crippen LogP) is 3.25. The topological polar surface area (TPSA) is 98.1 Å². The zero-order valence-electron chi connectivity index (χ0n) is 18.4. The number of esters is 2. The molecule has 0 aliphatic carbocycles. The number of methoxy groups -OCH3 is 2. The Labute approximate surface area is 190 Å². The van der Waals surface area contributed by atoms with Gasteiger partial charge in [0.15, 0.2) is 12.0 Å². The summed E-state index contributed by atoms with van der Waals surface area (Å²) in [4.78, 5) is 25.4. The van der Waals surface area contributed by atoms with Gasteiger partial charge in [0.05, 0.1) is 39.7 Å². The molecule has 9 nitrogen and oxygen atoms in total. The van der Waals surface area contributed by atoms with Crippen molar-refractivity contribution in [2.75, 3.05) is 34.0 Å². The highest BCUT2D eigenvalue weighted by Gasteiger charge is 2.31. The summed E-state index contributed by atoms with van der Waals surface area (Å²) in [5.41, 5.74) is 1.45. The molecule has 2 heterocycles. The van der Waals surface area contributed by atoms with Crippen LogP contribution in [0.5, 0.6) is 5.75 Å². The lowest BCUT2D eigenvalue weighted by Crippen LogP contribution is -2.15. The van der Waals surface area contributed by atoms with Crippen molar-refractivity contribution in [2.24, 2.45) is 0 Å². The second kappa shape index (κ2) is 10.3. The summed E-state index contributed by atoms with van der Waals surface area (Å²) in [7, 11) is 2.50. The van der Waals surface area contributed by atoms with Gasteiger partial charge in [0.1, 0.15) is 17.0 Å². The maximum atomic E-state index is 12.8. The second-order valence-electron chi connectivity index (χ2n) is 7.14. The Balaban J connectivity index is 1.73. The van der Waals surface area contributed by atoms with E-state index in [4.69, 9.17) is 23.7 Å². The largest absolute Gasteiger partial charge is 0.493 e. The minimum atomic E-state index is -0.707. The highest BCUT2D eigenvalue weighted by Crippen LogP contribution is 2.31. The molecule has 172 valence electrons. The summed E-state index contributed by atoms with van der Waals surface area (Å²) < 4.78 is 28.0. The zero-order chi connectivity index (χ0) is 23.2. The van der Waals surface area contributed by atoms with Crippen LogP contribution in [0.1, 0.15) is 27.3 Å². The van der Waals surface area contributed by atoms with Gasteiger partial charge in [-0.15, -0.1) is 0 Å². The lowest BCUT2D eigenvalue weighted by atomic mass is 10.1. The molecule has 4 rings (SSSR count). The Morgan fingerprint density at radius 3 is 2.42 bits per heavy atom. The number of hydrogen-bond acceptors (Lipinski definition) is 8. The second-order valence-corrected chi connectivity index (χ2v) is 7.14. The molecule has 0 N–H and O–H groups in total. The van der Waals surface area contributed by atoms with Crippen LogP contribution in [0.4, 0.5) is 0 Å². The first-order valence-electron chi connectivity index (χ1n) is 10.4. The van der Waals surface area contributed by atoms with E-state index in [0.29, 0.717) is 43.2 Å². The van der Waals surface area contributed by atoms with Crippen LogP contribution in [0.2, 0.25) is 0 Å². The molecule has 9 heteroatoms. The van der Waals surface area contributed by atoms with Gasteiger partial charge in [-0.1, -0.05) is 30.3 Å². The molecule has 0 amide bonds. The van der Waals surface area contributed by atoms with E-state index in [1.54, 1.807) is 36.4 Å². The molecular weight excluding hydrogens is 428 g/mol. The zero-order valence-corrected chi connectivity index (χ0v) is 18.4. The van der Waals surface area contributed by atoms with Crippen LogP contribution in [0.25, 0.3) is 16.9 Å². The number of carbonyl (C=O) groups is 2. The van der Waals surface area contributed by atoms with E-state index in [2.05, 4.69) is 5.10 Å². The molecule has 0 bridgehead atoms. The van der Waals surface area contributed by atoms with Gasteiger partial charge >= 0.3 is 11.9 Å². The van der Waals surface area contributed by atoms with Gasteiger partial charge < -0.3 is 23.7 Å². The Hall–Kier alpha value is -3.69. The molecule has 1 aliphatic rings. The van der Waals surface area contributed by atoms with E-state index in [-0.39, 0.29) is 23.2 Å². The van der Waals surface area contributed by atoms with Crippen molar-refractivity contribution in [3.05, 3.63) is 65.9 Å². The van der Waals surface area contributed by atoms with Crippen molar-refractivity contribution in [1.29, 1.82) is 0 Å². The van der Waals surface area contributed by atoms with Crippen LogP contribution in [0, 0.1) is 0 Å². The lowest BCUT2D eigenvalue weighted by Gasteiger charge is -2.11. The number of nitrogens with zero attached hydrogens (tertiary/aromatic N) is 2. The molecule has 2 aromatic carbocycles. The molecule has 1 saturated heterocycles. The van der Waals surface area contributed by atoms with E-state index in [9.17, 15) is 9.59 Å². The molecular formula is C24H24N2O7. The molecule has 1 aromatic heterocycles. The van der Waals surface area contributed by atoms with Gasteiger partial charge in [-0.05, 0) is 24.3 Å². The van der Waals surface area contributed by atoms with Crippen LogP contribution in [-0.4, -0.2) is 62.0 Å². The normalized spacial score (nSPS) is 13.6. The Bertz CT molecular complexity index is 1120. The maximum absolute atomic E-state index is 12.8. The summed E-state index contributed by atoms with van der Waals surface area (Å²) >= 11 is 0. The standard InChI is InChI=1S/C24H24N2O7/c1-29-23(27)20-21(25-26(22(20)24(28)30-2)17-8-4-3-5-9-17)16-7-6-10-18(15-16)31-12-11-19-32-13-14-33-19/h3-10,15,19H,11-14H2,1-2H3. The average Bonchev–Trinajstić information content (AvgIpc) is 3.52. The van der Waals surface area contributed by atoms with E-state index in [1.165, 1.54) is 18.9 Å². The predicted molar refractivity (Wildman–Crippen MR) is 117 cm³/mol. The Morgan fingerprint density at radius 2 is 1.73 bits per heavy atom. The van der Waals surface area contributed by atoms with Crippen molar-refractivity contribution in [2.45, 2.75) is 12.7 Å². The van der Waals surface area contributed by atoms with Crippen molar-refractivity contribution < 1.29 is 33.3 Å². The highest BCUT2D eigenvalue weighted by molar-refractivity contribution is 6.06. The summed E-state index contributed by atoms with van der Waals surface area (Å²) in [5.74, 6) is -0.827. The highest BCUT2D eigenvalue weighted by atomic mass is 16.7. The smallest absolute Gasteiger partial charge is 0.357 e. The molecule has 33 heavy (non-hydrogen) atoms. The van der Waals surface area contributed by atoms with E-state index < -0.39 is 11.9 Å². The van der Waals surface area contributed by atoms with Crippen LogP contribution < -0.4 is 4.74 Å². The first-order valence-corrected chi connectivity index (χ1v) is 10.4. The summed E-state index contributed by atoms with van der Waals surface area (Å²) in [5, 5.41) is 4.59. The summed E-state index contributed by atoms with van der Waals surface area (Å²) in [6.07, 6.45) is 0.329. The van der Waals surface area contributed by atoms with E-state index in [0.717, 1.165) is 0 Å². The molecule has 0 atom stereocenters. The van der Waals surface area contributed by atoms with Crippen LogP contribution >= 0.6 is 0 Å². The van der Waals surface area contributed by atoms with Crippen LogP contribution in [0.3, 0.4) is 0 Å². The monoisotopic (exact) mass is 452 g/mol. The first kappa shape index (κ1) is 22.5. The first-order chi connectivity index (χ1) is 16.1. The Kier molecular flexibility index (Phi) is 7.01. The molecule has 0 spiro atoms. The van der Waals surface area contributed by atoms with E-state index in [1.807, 2.05) is 18.2 Å². The fourth-order valence-electron chi connectivity index (χ4n) is 3.54. The molecule has 1 aliphatic heterocycles. The maximum Gasteiger partial charge on any atom is 0.357 e. The minimum absolute atomic E-state index is 0.0121. The van der Waals surface area contributed by atoms with Crippen LogP contribution in [-0.2, 0) is 18.9 Å². The van der Waals surface area contributed by atoms with Gasteiger partial charge in [0.2, 0.25) is 0 Å². The number of ether oxygens (including phenoxy) is 5. The quantitative estimate of drug-likeness (QED) is 0.481. The molecule has 1 fully saturated rings.